The molecule has 0 fully saturated rings. The van der Waals surface area contributed by atoms with E-state index in [1.807, 2.05) is 6.20 Å². The second kappa shape index (κ2) is 6.08. The van der Waals surface area contributed by atoms with Gasteiger partial charge in [0.25, 0.3) is 0 Å². The first-order valence-electron chi connectivity index (χ1n) is 7.64. The van der Waals surface area contributed by atoms with E-state index >= 15 is 0 Å². The average Bonchev–Trinajstić information content (AvgIpc) is 2.53. The summed E-state index contributed by atoms with van der Waals surface area (Å²) in [5, 5.41) is 3.46. The summed E-state index contributed by atoms with van der Waals surface area (Å²) in [5.41, 5.74) is 6.73. The van der Waals surface area contributed by atoms with Crippen LogP contribution in [0.25, 0.3) is 0 Å². The smallest absolute Gasteiger partial charge is 0.0407 e. The molecule has 0 spiro atoms. The van der Waals surface area contributed by atoms with Gasteiger partial charge in [0.2, 0.25) is 0 Å². The lowest BCUT2D eigenvalue weighted by molar-refractivity contribution is 0.824. The Morgan fingerprint density at radius 2 is 2.00 bits per heavy atom. The number of aromatic nitrogens is 1. The van der Waals surface area contributed by atoms with Crippen molar-refractivity contribution < 1.29 is 0 Å². The molecule has 1 N–H and O–H groups in total. The van der Waals surface area contributed by atoms with Crippen molar-refractivity contribution in [1.29, 1.82) is 0 Å². The standard InChI is InChI=1S/C18H22N2/c1-2-14-5-8-17(20-13-14)9-6-15-7-10-18-16(12-15)4-3-11-19-18/h5,7-8,10,12-13,19H,2-4,6,9,11H2,1H3. The van der Waals surface area contributed by atoms with Gasteiger partial charge in [0.1, 0.15) is 0 Å². The van der Waals surface area contributed by atoms with Crippen LogP contribution < -0.4 is 5.32 Å². The molecule has 20 heavy (non-hydrogen) atoms. The lowest BCUT2D eigenvalue weighted by atomic mass is 9.98. The van der Waals surface area contributed by atoms with Crippen LogP contribution >= 0.6 is 0 Å². The molecule has 3 rings (SSSR count). The predicted octanol–water partition coefficient (Wildman–Crippen LogP) is 3.79. The number of nitrogens with zero attached hydrogens (tertiary/aromatic N) is 1. The van der Waals surface area contributed by atoms with E-state index < -0.39 is 0 Å². The maximum atomic E-state index is 4.54. The Bertz CT molecular complexity index is 572. The third kappa shape index (κ3) is 3.01. The quantitative estimate of drug-likeness (QED) is 0.910. The first-order valence-corrected chi connectivity index (χ1v) is 7.64. The van der Waals surface area contributed by atoms with Gasteiger partial charge in [-0.1, -0.05) is 25.1 Å². The molecule has 0 saturated carbocycles. The fourth-order valence-corrected chi connectivity index (χ4v) is 2.77. The summed E-state index contributed by atoms with van der Waals surface area (Å²) in [6.45, 7) is 3.28. The third-order valence-electron chi connectivity index (χ3n) is 4.07. The second-order valence-corrected chi connectivity index (χ2v) is 5.53. The fraction of sp³-hybridized carbons (Fsp3) is 0.389. The second-order valence-electron chi connectivity index (χ2n) is 5.53. The van der Waals surface area contributed by atoms with Gasteiger partial charge in [-0.2, -0.15) is 0 Å². The van der Waals surface area contributed by atoms with Crippen LogP contribution in [-0.4, -0.2) is 11.5 Å². The van der Waals surface area contributed by atoms with Gasteiger partial charge in [-0.05, 0) is 60.9 Å². The van der Waals surface area contributed by atoms with Crippen molar-refractivity contribution in [3.8, 4) is 0 Å². The maximum absolute atomic E-state index is 4.54. The Kier molecular flexibility index (Phi) is 4.00. The van der Waals surface area contributed by atoms with Gasteiger partial charge in [-0.15, -0.1) is 0 Å². The zero-order chi connectivity index (χ0) is 13.8. The van der Waals surface area contributed by atoms with Crippen LogP contribution in [0.5, 0.6) is 0 Å². The summed E-state index contributed by atoms with van der Waals surface area (Å²) in [4.78, 5) is 4.54. The monoisotopic (exact) mass is 266 g/mol. The highest BCUT2D eigenvalue weighted by Crippen LogP contribution is 2.23. The summed E-state index contributed by atoms with van der Waals surface area (Å²) < 4.78 is 0. The van der Waals surface area contributed by atoms with Crippen LogP contribution in [0.2, 0.25) is 0 Å². The first kappa shape index (κ1) is 13.2. The number of anilines is 1. The van der Waals surface area contributed by atoms with Gasteiger partial charge in [0.15, 0.2) is 0 Å². The van der Waals surface area contributed by atoms with Crippen molar-refractivity contribution >= 4 is 5.69 Å². The number of benzene rings is 1. The zero-order valence-corrected chi connectivity index (χ0v) is 12.2. The molecule has 1 aromatic carbocycles. The lowest BCUT2D eigenvalue weighted by Crippen LogP contribution is -2.11. The largest absolute Gasteiger partial charge is 0.385 e. The molecule has 2 nitrogen and oxygen atoms in total. The first-order chi connectivity index (χ1) is 9.85. The van der Waals surface area contributed by atoms with Crippen LogP contribution in [0.3, 0.4) is 0 Å². The molecule has 1 aliphatic heterocycles. The normalized spacial score (nSPS) is 13.7. The number of rotatable bonds is 4. The highest BCUT2D eigenvalue weighted by atomic mass is 14.9. The highest BCUT2D eigenvalue weighted by molar-refractivity contribution is 5.54. The Morgan fingerprint density at radius 1 is 1.10 bits per heavy atom. The van der Waals surface area contributed by atoms with E-state index in [4.69, 9.17) is 0 Å². The molecule has 104 valence electrons. The van der Waals surface area contributed by atoms with Crippen molar-refractivity contribution in [2.45, 2.75) is 39.0 Å². The fourth-order valence-electron chi connectivity index (χ4n) is 2.77. The predicted molar refractivity (Wildman–Crippen MR) is 84.3 cm³/mol. The van der Waals surface area contributed by atoms with Crippen LogP contribution in [0.4, 0.5) is 5.69 Å². The molecular weight excluding hydrogens is 244 g/mol. The van der Waals surface area contributed by atoms with E-state index in [0.29, 0.717) is 0 Å². The minimum absolute atomic E-state index is 1.02. The molecule has 0 atom stereocenters. The summed E-state index contributed by atoms with van der Waals surface area (Å²) in [7, 11) is 0. The molecule has 0 amide bonds. The third-order valence-corrected chi connectivity index (χ3v) is 4.07. The molecule has 0 unspecified atom stereocenters. The van der Waals surface area contributed by atoms with E-state index in [2.05, 4.69) is 47.6 Å². The molecule has 0 bridgehead atoms. The number of nitrogens with one attached hydrogen (secondary N) is 1. The summed E-state index contributed by atoms with van der Waals surface area (Å²) in [6, 6.07) is 11.2. The molecule has 0 saturated heterocycles. The molecule has 2 heteroatoms. The van der Waals surface area contributed by atoms with E-state index in [1.54, 1.807) is 0 Å². The average molecular weight is 266 g/mol. The van der Waals surface area contributed by atoms with Crippen molar-refractivity contribution in [1.82, 2.24) is 4.98 Å². The summed E-state index contributed by atoms with van der Waals surface area (Å²) in [5.74, 6) is 0. The lowest BCUT2D eigenvalue weighted by Gasteiger charge is -2.18. The van der Waals surface area contributed by atoms with Crippen molar-refractivity contribution in [3.05, 3.63) is 58.9 Å². The summed E-state index contributed by atoms with van der Waals surface area (Å²) >= 11 is 0. The number of hydrogen-bond acceptors (Lipinski definition) is 2. The zero-order valence-electron chi connectivity index (χ0n) is 12.2. The highest BCUT2D eigenvalue weighted by Gasteiger charge is 2.08. The van der Waals surface area contributed by atoms with Gasteiger partial charge >= 0.3 is 0 Å². The minimum atomic E-state index is 1.02. The number of fused-ring (bicyclic) bond motifs is 1. The molecule has 1 aliphatic rings. The number of pyridine rings is 1. The van der Waals surface area contributed by atoms with Crippen molar-refractivity contribution in [2.24, 2.45) is 0 Å². The van der Waals surface area contributed by atoms with Crippen LogP contribution in [0.1, 0.15) is 35.7 Å². The Morgan fingerprint density at radius 3 is 2.80 bits per heavy atom. The molecule has 2 heterocycles. The Hall–Kier alpha value is -1.83. The molecule has 0 radical (unpaired) electrons. The van der Waals surface area contributed by atoms with Crippen molar-refractivity contribution in [2.75, 3.05) is 11.9 Å². The molecule has 2 aromatic rings. The van der Waals surface area contributed by atoms with E-state index in [-0.39, 0.29) is 0 Å². The molecule has 1 aromatic heterocycles. The van der Waals surface area contributed by atoms with Crippen LogP contribution in [0.15, 0.2) is 36.5 Å². The van der Waals surface area contributed by atoms with E-state index in [9.17, 15) is 0 Å². The maximum Gasteiger partial charge on any atom is 0.0407 e. The van der Waals surface area contributed by atoms with Gasteiger partial charge in [0.05, 0.1) is 0 Å². The minimum Gasteiger partial charge on any atom is -0.385 e. The van der Waals surface area contributed by atoms with Gasteiger partial charge in [0, 0.05) is 24.1 Å². The summed E-state index contributed by atoms with van der Waals surface area (Å²) in [6.07, 6.45) is 7.62. The SMILES string of the molecule is CCc1ccc(CCc2ccc3c(c2)CCCN3)nc1. The van der Waals surface area contributed by atoms with Gasteiger partial charge in [-0.25, -0.2) is 0 Å². The topological polar surface area (TPSA) is 24.9 Å². The van der Waals surface area contributed by atoms with Gasteiger partial charge < -0.3 is 5.32 Å². The molecular formula is C18H22N2. The van der Waals surface area contributed by atoms with Gasteiger partial charge in [-0.3, -0.25) is 4.98 Å². The van der Waals surface area contributed by atoms with E-state index in [1.165, 1.54) is 40.9 Å². The Labute approximate surface area is 121 Å². The van der Waals surface area contributed by atoms with Crippen LogP contribution in [0, 0.1) is 0 Å². The van der Waals surface area contributed by atoms with Crippen LogP contribution in [-0.2, 0) is 25.7 Å². The number of aryl methyl sites for hydroxylation is 4. The molecule has 0 aliphatic carbocycles. The van der Waals surface area contributed by atoms with E-state index in [0.717, 1.165) is 25.8 Å². The number of hydrogen-bond donors (Lipinski definition) is 1. The Balaban J connectivity index is 1.65. The van der Waals surface area contributed by atoms with Crippen molar-refractivity contribution in [3.63, 3.8) is 0 Å².